The van der Waals surface area contributed by atoms with Crippen LogP contribution < -0.4 is 0 Å². The van der Waals surface area contributed by atoms with E-state index < -0.39 is 5.97 Å². The Balaban J connectivity index is 2.11. The number of carbonyl (C=O) groups is 1. The van der Waals surface area contributed by atoms with Gasteiger partial charge in [-0.15, -0.1) is 0 Å². The van der Waals surface area contributed by atoms with Gasteiger partial charge in [-0.05, 0) is 36.3 Å². The van der Waals surface area contributed by atoms with Gasteiger partial charge < -0.3 is 5.11 Å². The van der Waals surface area contributed by atoms with Gasteiger partial charge in [0.1, 0.15) is 0 Å². The third-order valence-corrected chi connectivity index (χ3v) is 4.12. The SMILES string of the molecule is CC[C@@H](C(=O)O)c1ccc(C2CCCCC2)cc1. The Kier molecular flexibility index (Phi) is 4.40. The zero-order chi connectivity index (χ0) is 13.0. The summed E-state index contributed by atoms with van der Waals surface area (Å²) in [5, 5.41) is 9.14. The summed E-state index contributed by atoms with van der Waals surface area (Å²) >= 11 is 0. The van der Waals surface area contributed by atoms with Crippen LogP contribution in [-0.2, 0) is 4.79 Å². The summed E-state index contributed by atoms with van der Waals surface area (Å²) in [6.45, 7) is 1.92. The second-order valence-electron chi connectivity index (χ2n) is 5.30. The van der Waals surface area contributed by atoms with Crippen molar-refractivity contribution in [3.05, 3.63) is 35.4 Å². The molecule has 0 spiro atoms. The summed E-state index contributed by atoms with van der Waals surface area (Å²) in [7, 11) is 0. The maximum atomic E-state index is 11.1. The largest absolute Gasteiger partial charge is 0.481 e. The van der Waals surface area contributed by atoms with Crippen molar-refractivity contribution >= 4 is 5.97 Å². The zero-order valence-corrected chi connectivity index (χ0v) is 11.1. The van der Waals surface area contributed by atoms with E-state index >= 15 is 0 Å². The molecular formula is C16H22O2. The molecule has 0 saturated heterocycles. The average molecular weight is 246 g/mol. The first kappa shape index (κ1) is 13.1. The van der Waals surface area contributed by atoms with Gasteiger partial charge in [0, 0.05) is 0 Å². The molecule has 1 fully saturated rings. The van der Waals surface area contributed by atoms with Crippen LogP contribution in [0.2, 0.25) is 0 Å². The van der Waals surface area contributed by atoms with Gasteiger partial charge >= 0.3 is 5.97 Å². The van der Waals surface area contributed by atoms with Crippen molar-refractivity contribution in [2.75, 3.05) is 0 Å². The van der Waals surface area contributed by atoms with E-state index in [4.69, 9.17) is 5.11 Å². The van der Waals surface area contributed by atoms with E-state index in [2.05, 4.69) is 12.1 Å². The first-order valence-electron chi connectivity index (χ1n) is 7.05. The Morgan fingerprint density at radius 3 is 2.33 bits per heavy atom. The van der Waals surface area contributed by atoms with Gasteiger partial charge in [0.05, 0.1) is 5.92 Å². The first-order valence-corrected chi connectivity index (χ1v) is 7.05. The summed E-state index contributed by atoms with van der Waals surface area (Å²) in [5.41, 5.74) is 2.32. The molecule has 1 saturated carbocycles. The minimum atomic E-state index is -0.720. The van der Waals surface area contributed by atoms with Gasteiger partial charge in [0.2, 0.25) is 0 Å². The molecule has 0 aliphatic heterocycles. The van der Waals surface area contributed by atoms with E-state index in [1.54, 1.807) is 0 Å². The molecule has 98 valence electrons. The fraction of sp³-hybridized carbons (Fsp3) is 0.562. The minimum absolute atomic E-state index is 0.356. The molecule has 0 radical (unpaired) electrons. The molecule has 2 nitrogen and oxygen atoms in total. The fourth-order valence-electron chi connectivity index (χ4n) is 2.99. The zero-order valence-electron chi connectivity index (χ0n) is 11.1. The van der Waals surface area contributed by atoms with E-state index in [0.29, 0.717) is 12.3 Å². The average Bonchev–Trinajstić information content (AvgIpc) is 2.41. The van der Waals surface area contributed by atoms with Crippen LogP contribution >= 0.6 is 0 Å². The van der Waals surface area contributed by atoms with Crippen molar-refractivity contribution in [1.29, 1.82) is 0 Å². The Morgan fingerprint density at radius 1 is 1.22 bits per heavy atom. The highest BCUT2D eigenvalue weighted by molar-refractivity contribution is 5.75. The van der Waals surface area contributed by atoms with Crippen LogP contribution in [-0.4, -0.2) is 11.1 Å². The smallest absolute Gasteiger partial charge is 0.310 e. The molecule has 0 bridgehead atoms. The maximum Gasteiger partial charge on any atom is 0.310 e. The van der Waals surface area contributed by atoms with Crippen molar-refractivity contribution in [1.82, 2.24) is 0 Å². The molecule has 0 aromatic heterocycles. The van der Waals surface area contributed by atoms with Gasteiger partial charge in [0.15, 0.2) is 0 Å². The van der Waals surface area contributed by atoms with Crippen LogP contribution in [0.5, 0.6) is 0 Å². The minimum Gasteiger partial charge on any atom is -0.481 e. The molecule has 0 heterocycles. The molecule has 1 atom stereocenters. The number of hydrogen-bond acceptors (Lipinski definition) is 1. The molecule has 1 aliphatic rings. The predicted octanol–water partition coefficient (Wildman–Crippen LogP) is 4.31. The highest BCUT2D eigenvalue weighted by Crippen LogP contribution is 2.33. The molecule has 1 N–H and O–H groups in total. The summed E-state index contributed by atoms with van der Waals surface area (Å²) < 4.78 is 0. The van der Waals surface area contributed by atoms with Crippen molar-refractivity contribution < 1.29 is 9.90 Å². The summed E-state index contributed by atoms with van der Waals surface area (Å²) in [5.74, 6) is -0.383. The molecule has 0 unspecified atom stereocenters. The lowest BCUT2D eigenvalue weighted by Crippen LogP contribution is -2.11. The van der Waals surface area contributed by atoms with Crippen LogP contribution in [0.25, 0.3) is 0 Å². The molecule has 1 aromatic rings. The normalized spacial score (nSPS) is 18.5. The molecule has 1 aliphatic carbocycles. The Morgan fingerprint density at radius 2 is 1.83 bits per heavy atom. The standard InChI is InChI=1S/C16H22O2/c1-2-15(16(17)18)14-10-8-13(9-11-14)12-6-4-3-5-7-12/h8-12,15H,2-7H2,1H3,(H,17,18)/t15-/m1/s1. The number of hydrogen-bond donors (Lipinski definition) is 1. The van der Waals surface area contributed by atoms with Crippen LogP contribution in [0.4, 0.5) is 0 Å². The van der Waals surface area contributed by atoms with Gasteiger partial charge in [-0.3, -0.25) is 4.79 Å². The third kappa shape index (κ3) is 2.92. The number of benzene rings is 1. The van der Waals surface area contributed by atoms with Gasteiger partial charge in [0.25, 0.3) is 0 Å². The van der Waals surface area contributed by atoms with E-state index in [1.807, 2.05) is 19.1 Å². The van der Waals surface area contributed by atoms with E-state index in [0.717, 1.165) is 5.56 Å². The monoisotopic (exact) mass is 246 g/mol. The summed E-state index contributed by atoms with van der Waals surface area (Å²) in [6, 6.07) is 8.28. The van der Waals surface area contributed by atoms with Crippen LogP contribution in [0.3, 0.4) is 0 Å². The predicted molar refractivity (Wildman–Crippen MR) is 72.9 cm³/mol. The highest BCUT2D eigenvalue weighted by atomic mass is 16.4. The van der Waals surface area contributed by atoms with Crippen LogP contribution in [0.1, 0.15) is 68.4 Å². The molecule has 0 amide bonds. The maximum absolute atomic E-state index is 11.1. The second kappa shape index (κ2) is 6.03. The van der Waals surface area contributed by atoms with Crippen LogP contribution in [0.15, 0.2) is 24.3 Å². The van der Waals surface area contributed by atoms with E-state index in [-0.39, 0.29) is 5.92 Å². The van der Waals surface area contributed by atoms with Crippen molar-refractivity contribution in [3.63, 3.8) is 0 Å². The molecule has 2 rings (SSSR count). The quantitative estimate of drug-likeness (QED) is 0.859. The van der Waals surface area contributed by atoms with Crippen LogP contribution in [0, 0.1) is 0 Å². The first-order chi connectivity index (χ1) is 8.72. The fourth-order valence-corrected chi connectivity index (χ4v) is 2.99. The van der Waals surface area contributed by atoms with E-state index in [1.165, 1.54) is 37.7 Å². The summed E-state index contributed by atoms with van der Waals surface area (Å²) in [4.78, 5) is 11.1. The summed E-state index contributed by atoms with van der Waals surface area (Å²) in [6.07, 6.45) is 7.26. The van der Waals surface area contributed by atoms with Gasteiger partial charge in [-0.25, -0.2) is 0 Å². The molecular weight excluding hydrogens is 224 g/mol. The number of carboxylic acids is 1. The molecule has 18 heavy (non-hydrogen) atoms. The van der Waals surface area contributed by atoms with Gasteiger partial charge in [-0.2, -0.15) is 0 Å². The third-order valence-electron chi connectivity index (χ3n) is 4.12. The topological polar surface area (TPSA) is 37.3 Å². The van der Waals surface area contributed by atoms with Crippen molar-refractivity contribution in [2.45, 2.75) is 57.3 Å². The lowest BCUT2D eigenvalue weighted by atomic mass is 9.83. The molecule has 1 aromatic carbocycles. The number of aliphatic carboxylic acids is 1. The Hall–Kier alpha value is -1.31. The van der Waals surface area contributed by atoms with Gasteiger partial charge in [-0.1, -0.05) is 50.5 Å². The Labute approximate surface area is 109 Å². The van der Waals surface area contributed by atoms with Crippen molar-refractivity contribution in [2.24, 2.45) is 0 Å². The molecule has 2 heteroatoms. The number of carboxylic acid groups (broad SMARTS) is 1. The number of rotatable bonds is 4. The highest BCUT2D eigenvalue weighted by Gasteiger charge is 2.19. The second-order valence-corrected chi connectivity index (χ2v) is 5.30. The lowest BCUT2D eigenvalue weighted by Gasteiger charge is -2.22. The Bertz CT molecular complexity index is 388. The van der Waals surface area contributed by atoms with Crippen molar-refractivity contribution in [3.8, 4) is 0 Å². The lowest BCUT2D eigenvalue weighted by molar-refractivity contribution is -0.138. The van der Waals surface area contributed by atoms with E-state index in [9.17, 15) is 4.79 Å².